The number of guanidine groups is 1. The molecule has 1 atom stereocenters. The minimum absolute atomic E-state index is 0.186. The number of nitrogens with two attached hydrogens (primary N) is 1. The van der Waals surface area contributed by atoms with Crippen molar-refractivity contribution in [2.24, 2.45) is 10.7 Å². The molecule has 1 fully saturated rings. The van der Waals surface area contributed by atoms with Crippen LogP contribution in [0.3, 0.4) is 0 Å². The molecule has 1 saturated carbocycles. The monoisotopic (exact) mass is 293 g/mol. The zero-order chi connectivity index (χ0) is 15.1. The minimum Gasteiger partial charge on any atom is -0.370 e. The maximum absolute atomic E-state index is 6.26. The Morgan fingerprint density at radius 1 is 1.10 bits per heavy atom. The zero-order valence-electron chi connectivity index (χ0n) is 14.2. The van der Waals surface area contributed by atoms with Gasteiger partial charge >= 0.3 is 0 Å². The Morgan fingerprint density at radius 3 is 2.43 bits per heavy atom. The summed E-state index contributed by atoms with van der Waals surface area (Å²) in [6, 6.07) is 0.638. The second-order valence-electron chi connectivity index (χ2n) is 7.35. The molecule has 0 spiro atoms. The maximum Gasteiger partial charge on any atom is 0.192 e. The van der Waals surface area contributed by atoms with Crippen LogP contribution in [0.2, 0.25) is 0 Å². The predicted molar refractivity (Wildman–Crippen MR) is 91.6 cm³/mol. The molecular weight excluding hydrogens is 258 g/mol. The summed E-state index contributed by atoms with van der Waals surface area (Å²) < 4.78 is 0. The van der Waals surface area contributed by atoms with E-state index in [4.69, 9.17) is 5.73 Å². The summed E-state index contributed by atoms with van der Waals surface area (Å²) in [4.78, 5) is 7.12. The Kier molecular flexibility index (Phi) is 6.38. The van der Waals surface area contributed by atoms with Crippen molar-refractivity contribution in [1.29, 1.82) is 0 Å². The van der Waals surface area contributed by atoms with Crippen LogP contribution in [-0.2, 0) is 0 Å². The highest BCUT2D eigenvalue weighted by Crippen LogP contribution is 2.34. The smallest absolute Gasteiger partial charge is 0.192 e. The molecule has 3 heteroatoms. The summed E-state index contributed by atoms with van der Waals surface area (Å²) in [6.07, 6.45) is 16.1. The van der Waals surface area contributed by atoms with E-state index in [9.17, 15) is 0 Å². The van der Waals surface area contributed by atoms with Crippen LogP contribution in [0.25, 0.3) is 0 Å². The molecule has 1 aliphatic carbocycles. The molecule has 2 N–H and O–H groups in total. The van der Waals surface area contributed by atoms with Gasteiger partial charge in [-0.05, 0) is 26.2 Å². The first-order chi connectivity index (χ1) is 10.2. The highest BCUT2D eigenvalue weighted by molar-refractivity contribution is 5.81. The molecule has 0 saturated heterocycles. The molecule has 0 amide bonds. The van der Waals surface area contributed by atoms with Gasteiger partial charge < -0.3 is 10.6 Å². The van der Waals surface area contributed by atoms with Crippen molar-refractivity contribution in [2.75, 3.05) is 6.54 Å². The SMILES string of the molecule is CCCCCCCC1(C)CN=C(N)N1C1CCCCCC1. The van der Waals surface area contributed by atoms with Gasteiger partial charge in [-0.25, -0.2) is 0 Å². The van der Waals surface area contributed by atoms with Crippen molar-refractivity contribution in [3.8, 4) is 0 Å². The fraction of sp³-hybridized carbons (Fsp3) is 0.944. The molecule has 1 unspecified atom stereocenters. The van der Waals surface area contributed by atoms with E-state index in [2.05, 4.69) is 23.7 Å². The fourth-order valence-corrected chi connectivity index (χ4v) is 4.13. The second-order valence-corrected chi connectivity index (χ2v) is 7.35. The molecule has 0 aromatic rings. The number of unbranched alkanes of at least 4 members (excludes halogenated alkanes) is 4. The normalized spacial score (nSPS) is 27.7. The molecule has 1 aliphatic heterocycles. The number of hydrogen-bond donors (Lipinski definition) is 1. The first kappa shape index (κ1) is 16.6. The molecule has 1 heterocycles. The molecule has 2 aliphatic rings. The molecule has 0 bridgehead atoms. The van der Waals surface area contributed by atoms with E-state index in [0.717, 1.165) is 12.5 Å². The minimum atomic E-state index is 0.186. The maximum atomic E-state index is 6.26. The summed E-state index contributed by atoms with van der Waals surface area (Å²) in [5.74, 6) is 0.818. The molecule has 0 aromatic heterocycles. The summed E-state index contributed by atoms with van der Waals surface area (Å²) in [5.41, 5.74) is 6.45. The molecule has 0 radical (unpaired) electrons. The van der Waals surface area contributed by atoms with Crippen molar-refractivity contribution in [3.63, 3.8) is 0 Å². The first-order valence-corrected chi connectivity index (χ1v) is 9.26. The summed E-state index contributed by atoms with van der Waals surface area (Å²) in [6.45, 7) is 5.57. The third-order valence-corrected chi connectivity index (χ3v) is 5.42. The average Bonchev–Trinajstić information content (AvgIpc) is 2.67. The van der Waals surface area contributed by atoms with E-state index >= 15 is 0 Å². The largest absolute Gasteiger partial charge is 0.370 e. The first-order valence-electron chi connectivity index (χ1n) is 9.26. The van der Waals surface area contributed by atoms with Gasteiger partial charge in [0.05, 0.1) is 12.1 Å². The van der Waals surface area contributed by atoms with Gasteiger partial charge in [-0.15, -0.1) is 0 Å². The van der Waals surface area contributed by atoms with Gasteiger partial charge in [-0.1, -0.05) is 64.7 Å². The van der Waals surface area contributed by atoms with Crippen LogP contribution in [0, 0.1) is 0 Å². The Bertz CT molecular complexity index is 331. The summed E-state index contributed by atoms with van der Waals surface area (Å²) in [7, 11) is 0. The highest BCUT2D eigenvalue weighted by Gasteiger charge is 2.41. The number of hydrogen-bond acceptors (Lipinski definition) is 3. The van der Waals surface area contributed by atoms with Crippen LogP contribution in [0.1, 0.15) is 90.9 Å². The Hall–Kier alpha value is -0.730. The lowest BCUT2D eigenvalue weighted by atomic mass is 9.90. The number of nitrogens with zero attached hydrogens (tertiary/aromatic N) is 2. The van der Waals surface area contributed by atoms with Gasteiger partial charge in [0.15, 0.2) is 5.96 Å². The Labute approximate surface area is 131 Å². The predicted octanol–water partition coefficient (Wildman–Crippen LogP) is 4.46. The van der Waals surface area contributed by atoms with Crippen molar-refractivity contribution >= 4 is 5.96 Å². The lowest BCUT2D eigenvalue weighted by molar-refractivity contribution is 0.139. The third-order valence-electron chi connectivity index (χ3n) is 5.42. The number of rotatable bonds is 7. The quantitative estimate of drug-likeness (QED) is 0.556. The zero-order valence-corrected chi connectivity index (χ0v) is 14.2. The van der Waals surface area contributed by atoms with E-state index in [1.807, 2.05) is 0 Å². The van der Waals surface area contributed by atoms with Gasteiger partial charge in [0, 0.05) is 6.04 Å². The van der Waals surface area contributed by atoms with Gasteiger partial charge in [0.25, 0.3) is 0 Å². The fourth-order valence-electron chi connectivity index (χ4n) is 4.13. The molecule has 122 valence electrons. The van der Waals surface area contributed by atoms with Gasteiger partial charge in [0.2, 0.25) is 0 Å². The van der Waals surface area contributed by atoms with Crippen LogP contribution in [-0.4, -0.2) is 29.0 Å². The topological polar surface area (TPSA) is 41.6 Å². The van der Waals surface area contributed by atoms with E-state index < -0.39 is 0 Å². The van der Waals surface area contributed by atoms with Gasteiger partial charge in [0.1, 0.15) is 0 Å². The van der Waals surface area contributed by atoms with E-state index in [0.29, 0.717) is 6.04 Å². The molecule has 3 nitrogen and oxygen atoms in total. The van der Waals surface area contributed by atoms with Crippen molar-refractivity contribution in [1.82, 2.24) is 4.90 Å². The van der Waals surface area contributed by atoms with Crippen LogP contribution in [0.4, 0.5) is 0 Å². The van der Waals surface area contributed by atoms with Crippen LogP contribution in [0.5, 0.6) is 0 Å². The van der Waals surface area contributed by atoms with Crippen molar-refractivity contribution in [2.45, 2.75) is 102 Å². The molecular formula is C18H35N3. The molecule has 2 rings (SSSR count). The number of aliphatic imine (C=N–C) groups is 1. The lowest BCUT2D eigenvalue weighted by Crippen LogP contribution is -2.54. The Morgan fingerprint density at radius 2 is 1.76 bits per heavy atom. The average molecular weight is 293 g/mol. The second kappa shape index (κ2) is 8.05. The van der Waals surface area contributed by atoms with Gasteiger partial charge in [-0.2, -0.15) is 0 Å². The van der Waals surface area contributed by atoms with Crippen LogP contribution < -0.4 is 5.73 Å². The lowest BCUT2D eigenvalue weighted by Gasteiger charge is -2.42. The summed E-state index contributed by atoms with van der Waals surface area (Å²) >= 11 is 0. The van der Waals surface area contributed by atoms with E-state index in [1.165, 1.54) is 77.0 Å². The van der Waals surface area contributed by atoms with Crippen molar-refractivity contribution < 1.29 is 0 Å². The van der Waals surface area contributed by atoms with E-state index in [-0.39, 0.29) is 5.54 Å². The van der Waals surface area contributed by atoms with Crippen LogP contribution >= 0.6 is 0 Å². The van der Waals surface area contributed by atoms with Gasteiger partial charge in [-0.3, -0.25) is 4.99 Å². The Balaban J connectivity index is 1.90. The molecule has 21 heavy (non-hydrogen) atoms. The summed E-state index contributed by atoms with van der Waals surface area (Å²) in [5, 5.41) is 0. The standard InChI is InChI=1S/C18H35N3/c1-3-4-5-8-11-14-18(2)15-20-17(19)21(18)16-12-9-6-7-10-13-16/h16H,3-15H2,1-2H3,(H2,19,20). The van der Waals surface area contributed by atoms with Crippen molar-refractivity contribution in [3.05, 3.63) is 0 Å². The van der Waals surface area contributed by atoms with E-state index in [1.54, 1.807) is 0 Å². The van der Waals surface area contributed by atoms with Crippen LogP contribution in [0.15, 0.2) is 4.99 Å². The third kappa shape index (κ3) is 4.37. The molecule has 0 aromatic carbocycles. The highest BCUT2D eigenvalue weighted by atomic mass is 15.4.